The number of amides is 1. The molecule has 148 valence electrons. The molecule has 28 heavy (non-hydrogen) atoms. The number of anilines is 2. The topological polar surface area (TPSA) is 61.8 Å². The average molecular weight is 380 g/mol. The Kier molecular flexibility index (Phi) is 5.53. The van der Waals surface area contributed by atoms with Gasteiger partial charge < -0.3 is 20.1 Å². The highest BCUT2D eigenvalue weighted by molar-refractivity contribution is 5.97. The molecule has 1 saturated heterocycles. The van der Waals surface area contributed by atoms with Crippen LogP contribution in [0.2, 0.25) is 0 Å². The van der Waals surface area contributed by atoms with E-state index in [1.165, 1.54) is 11.1 Å². The molecule has 0 aliphatic carbocycles. The predicted molar refractivity (Wildman–Crippen MR) is 111 cm³/mol. The van der Waals surface area contributed by atoms with Crippen molar-refractivity contribution < 1.29 is 14.6 Å². The van der Waals surface area contributed by atoms with Gasteiger partial charge in [-0.15, -0.1) is 0 Å². The first-order valence-electron chi connectivity index (χ1n) is 10.2. The summed E-state index contributed by atoms with van der Waals surface area (Å²) >= 11 is 0. The van der Waals surface area contributed by atoms with E-state index in [9.17, 15) is 9.90 Å². The molecule has 0 aromatic heterocycles. The van der Waals surface area contributed by atoms with E-state index in [1.807, 2.05) is 30.3 Å². The van der Waals surface area contributed by atoms with E-state index in [2.05, 4.69) is 29.3 Å². The Balaban J connectivity index is 1.45. The number of ether oxygens (including phenoxy) is 1. The number of rotatable bonds is 4. The van der Waals surface area contributed by atoms with Crippen LogP contribution in [0.15, 0.2) is 42.5 Å². The van der Waals surface area contributed by atoms with Crippen molar-refractivity contribution in [2.75, 3.05) is 29.9 Å². The zero-order valence-electron chi connectivity index (χ0n) is 16.4. The number of nitrogens with zero attached hydrogens (tertiary/aromatic N) is 1. The van der Waals surface area contributed by atoms with Crippen molar-refractivity contribution in [3.63, 3.8) is 0 Å². The van der Waals surface area contributed by atoms with Crippen LogP contribution in [0.3, 0.4) is 0 Å². The molecule has 2 aliphatic heterocycles. The fourth-order valence-electron chi connectivity index (χ4n) is 4.13. The first-order valence-corrected chi connectivity index (χ1v) is 10.2. The molecule has 0 radical (unpaired) electrons. The number of aliphatic hydroxyl groups is 1. The van der Waals surface area contributed by atoms with Gasteiger partial charge in [0.25, 0.3) is 5.91 Å². The molecule has 5 heteroatoms. The van der Waals surface area contributed by atoms with E-state index in [-0.39, 0.29) is 12.5 Å². The number of para-hydroxylation sites is 2. The number of benzene rings is 2. The quantitative estimate of drug-likeness (QED) is 0.852. The molecule has 1 unspecified atom stereocenters. The Morgan fingerprint density at radius 1 is 1.18 bits per heavy atom. The number of hydrogen-bond acceptors (Lipinski definition) is 4. The van der Waals surface area contributed by atoms with Gasteiger partial charge in [-0.05, 0) is 62.3 Å². The van der Waals surface area contributed by atoms with Gasteiger partial charge in [0.1, 0.15) is 5.75 Å². The Labute approximate surface area is 166 Å². The molecule has 0 saturated carbocycles. The fourth-order valence-corrected chi connectivity index (χ4v) is 4.13. The molecule has 0 spiro atoms. The monoisotopic (exact) mass is 380 g/mol. The highest BCUT2D eigenvalue weighted by Crippen LogP contribution is 2.32. The maximum atomic E-state index is 12.9. The van der Waals surface area contributed by atoms with E-state index in [0.717, 1.165) is 49.5 Å². The minimum Gasteiger partial charge on any atom is -0.480 e. The van der Waals surface area contributed by atoms with Crippen LogP contribution in [0.5, 0.6) is 5.75 Å². The second-order valence-electron chi connectivity index (χ2n) is 7.88. The number of carbonyl (C=O) groups excluding carboxylic acids is 1. The third kappa shape index (κ3) is 3.99. The SMILES string of the molecule is Cc1ccc2c(c1)CCC(C(=O)Nc1ccccc1N1CCC(CO)CC1)O2. The summed E-state index contributed by atoms with van der Waals surface area (Å²) in [5.74, 6) is 1.11. The molecular formula is C23H28N2O3. The first-order chi connectivity index (χ1) is 13.6. The smallest absolute Gasteiger partial charge is 0.265 e. The summed E-state index contributed by atoms with van der Waals surface area (Å²) in [6.45, 7) is 4.11. The molecule has 2 aromatic carbocycles. The Bertz CT molecular complexity index is 843. The van der Waals surface area contributed by atoms with Gasteiger partial charge in [-0.2, -0.15) is 0 Å². The van der Waals surface area contributed by atoms with Crippen molar-refractivity contribution in [1.29, 1.82) is 0 Å². The van der Waals surface area contributed by atoms with Gasteiger partial charge in [-0.25, -0.2) is 0 Å². The number of piperidine rings is 1. The number of aliphatic hydroxyl groups excluding tert-OH is 1. The fraction of sp³-hybridized carbons (Fsp3) is 0.435. The van der Waals surface area contributed by atoms with Gasteiger partial charge >= 0.3 is 0 Å². The van der Waals surface area contributed by atoms with E-state index in [1.54, 1.807) is 0 Å². The van der Waals surface area contributed by atoms with Crippen LogP contribution in [0.1, 0.15) is 30.4 Å². The van der Waals surface area contributed by atoms with Crippen LogP contribution in [0, 0.1) is 12.8 Å². The van der Waals surface area contributed by atoms with Gasteiger partial charge in [-0.3, -0.25) is 4.79 Å². The molecule has 1 amide bonds. The third-order valence-corrected chi connectivity index (χ3v) is 5.83. The highest BCUT2D eigenvalue weighted by atomic mass is 16.5. The second kappa shape index (κ2) is 8.23. The summed E-state index contributed by atoms with van der Waals surface area (Å²) in [6.07, 6.45) is 3.02. The van der Waals surface area contributed by atoms with Crippen molar-refractivity contribution in [2.45, 2.75) is 38.7 Å². The average Bonchev–Trinajstić information content (AvgIpc) is 2.74. The number of hydrogen-bond donors (Lipinski definition) is 2. The van der Waals surface area contributed by atoms with Crippen LogP contribution < -0.4 is 15.0 Å². The Morgan fingerprint density at radius 2 is 1.96 bits per heavy atom. The van der Waals surface area contributed by atoms with E-state index in [4.69, 9.17) is 4.74 Å². The largest absolute Gasteiger partial charge is 0.480 e. The normalized spacial score (nSPS) is 19.6. The first kappa shape index (κ1) is 18.8. The van der Waals surface area contributed by atoms with Crippen LogP contribution in [-0.4, -0.2) is 36.8 Å². The van der Waals surface area contributed by atoms with Crippen molar-refractivity contribution in [2.24, 2.45) is 5.92 Å². The van der Waals surface area contributed by atoms with Crippen molar-refractivity contribution in [1.82, 2.24) is 0 Å². The lowest BCUT2D eigenvalue weighted by molar-refractivity contribution is -0.123. The van der Waals surface area contributed by atoms with Crippen LogP contribution in [0.4, 0.5) is 11.4 Å². The number of fused-ring (bicyclic) bond motifs is 1. The van der Waals surface area contributed by atoms with Gasteiger partial charge in [0.15, 0.2) is 6.10 Å². The molecule has 1 fully saturated rings. The highest BCUT2D eigenvalue weighted by Gasteiger charge is 2.27. The minimum atomic E-state index is -0.469. The summed E-state index contributed by atoms with van der Waals surface area (Å²) < 4.78 is 5.98. The molecule has 4 rings (SSSR count). The van der Waals surface area contributed by atoms with Crippen molar-refractivity contribution >= 4 is 17.3 Å². The van der Waals surface area contributed by atoms with Gasteiger partial charge in [-0.1, -0.05) is 29.8 Å². The third-order valence-electron chi connectivity index (χ3n) is 5.83. The summed E-state index contributed by atoms with van der Waals surface area (Å²) in [5.41, 5.74) is 4.26. The summed E-state index contributed by atoms with van der Waals surface area (Å²) in [6, 6.07) is 14.1. The molecule has 2 N–H and O–H groups in total. The van der Waals surface area contributed by atoms with Crippen molar-refractivity contribution in [3.05, 3.63) is 53.6 Å². The van der Waals surface area contributed by atoms with Crippen LogP contribution >= 0.6 is 0 Å². The van der Waals surface area contributed by atoms with Gasteiger partial charge in [0.2, 0.25) is 0 Å². The van der Waals surface area contributed by atoms with Crippen LogP contribution in [-0.2, 0) is 11.2 Å². The number of aryl methyl sites for hydroxylation is 2. The summed E-state index contributed by atoms with van der Waals surface area (Å²) in [7, 11) is 0. The minimum absolute atomic E-state index is 0.0936. The molecule has 5 nitrogen and oxygen atoms in total. The second-order valence-corrected chi connectivity index (χ2v) is 7.88. The lowest BCUT2D eigenvalue weighted by atomic mass is 9.97. The van der Waals surface area contributed by atoms with E-state index in [0.29, 0.717) is 12.3 Å². The predicted octanol–water partition coefficient (Wildman–Crippen LogP) is 3.54. The summed E-state index contributed by atoms with van der Waals surface area (Å²) in [5, 5.41) is 12.5. The molecule has 2 aliphatic rings. The maximum absolute atomic E-state index is 12.9. The maximum Gasteiger partial charge on any atom is 0.265 e. The number of carbonyl (C=O) groups is 1. The molecule has 2 heterocycles. The lowest BCUT2D eigenvalue weighted by Crippen LogP contribution is -2.38. The molecule has 0 bridgehead atoms. The zero-order chi connectivity index (χ0) is 19.5. The van der Waals surface area contributed by atoms with Crippen LogP contribution in [0.25, 0.3) is 0 Å². The molecule has 1 atom stereocenters. The zero-order valence-corrected chi connectivity index (χ0v) is 16.4. The lowest BCUT2D eigenvalue weighted by Gasteiger charge is -2.34. The molecule has 2 aromatic rings. The van der Waals surface area contributed by atoms with E-state index < -0.39 is 6.10 Å². The van der Waals surface area contributed by atoms with E-state index >= 15 is 0 Å². The Morgan fingerprint density at radius 3 is 2.75 bits per heavy atom. The molecular weight excluding hydrogens is 352 g/mol. The Hall–Kier alpha value is -2.53. The van der Waals surface area contributed by atoms with Gasteiger partial charge in [0.05, 0.1) is 11.4 Å². The standard InChI is InChI=1S/C23H28N2O3/c1-16-6-8-21-18(14-16)7-9-22(28-21)23(27)24-19-4-2-3-5-20(19)25-12-10-17(15-26)11-13-25/h2-6,8,14,17,22,26H,7,9-13,15H2,1H3,(H,24,27). The summed E-state index contributed by atoms with van der Waals surface area (Å²) in [4.78, 5) is 15.2. The van der Waals surface area contributed by atoms with Gasteiger partial charge in [0, 0.05) is 19.7 Å². The number of nitrogens with one attached hydrogen (secondary N) is 1. The van der Waals surface area contributed by atoms with Crippen molar-refractivity contribution in [3.8, 4) is 5.75 Å².